The molecule has 8 aliphatic carbocycles. The Bertz CT molecular complexity index is 2090. The summed E-state index contributed by atoms with van der Waals surface area (Å²) in [4.78, 5) is 0. The molecule has 0 nitrogen and oxygen atoms in total. The van der Waals surface area contributed by atoms with Crippen LogP contribution < -0.4 is 0 Å². The van der Waals surface area contributed by atoms with E-state index in [1.165, 1.54) is 133 Å². The highest BCUT2D eigenvalue weighted by atomic mass is 31.1. The highest BCUT2D eigenvalue weighted by Gasteiger charge is 2.62. The lowest BCUT2D eigenvalue weighted by Crippen LogP contribution is -2.56. The Hall–Kier alpha value is -3.04. The molecule has 8 aliphatic rings. The summed E-state index contributed by atoms with van der Waals surface area (Å²) in [7, 11) is 3.31. The molecule has 286 valence electrons. The lowest BCUT2D eigenvalue weighted by Gasteiger charge is -2.67. The Morgan fingerprint density at radius 3 is 1.23 bits per heavy atom. The molecule has 5 aromatic carbocycles. The van der Waals surface area contributed by atoms with Crippen LogP contribution in [0.1, 0.15) is 110 Å². The summed E-state index contributed by atoms with van der Waals surface area (Å²) in [5, 5.41) is 0.731. The molecule has 5 aromatic rings. The first kappa shape index (κ1) is 36.1. The Labute approximate surface area is 340 Å². The molecule has 0 aromatic heterocycles. The second kappa shape index (κ2) is 13.8. The number of rotatable bonds is 9. The predicted molar refractivity (Wildman–Crippen MR) is 242 cm³/mol. The van der Waals surface area contributed by atoms with Crippen molar-refractivity contribution in [3.8, 4) is 22.3 Å². The Balaban J connectivity index is 1.19. The van der Waals surface area contributed by atoms with Gasteiger partial charge in [0.2, 0.25) is 0 Å². The van der Waals surface area contributed by atoms with Crippen molar-refractivity contribution in [2.45, 2.75) is 113 Å². The van der Waals surface area contributed by atoms with Gasteiger partial charge in [-0.25, -0.2) is 0 Å². The zero-order valence-corrected chi connectivity index (χ0v) is 35.8. The number of benzene rings is 5. The van der Waals surface area contributed by atoms with Gasteiger partial charge in [-0.05, 0) is 211 Å². The van der Waals surface area contributed by atoms with Gasteiger partial charge in [-0.1, -0.05) is 117 Å². The number of aryl methyl sites for hydroxylation is 2. The van der Waals surface area contributed by atoms with Gasteiger partial charge < -0.3 is 0 Å². The van der Waals surface area contributed by atoms with Crippen LogP contribution in [0.25, 0.3) is 22.3 Å². The van der Waals surface area contributed by atoms with Crippen LogP contribution in [0.3, 0.4) is 0 Å². The molecule has 8 saturated carbocycles. The van der Waals surface area contributed by atoms with Crippen molar-refractivity contribution in [1.82, 2.24) is 0 Å². The van der Waals surface area contributed by atoms with E-state index >= 15 is 0 Å². The van der Waals surface area contributed by atoms with Crippen molar-refractivity contribution in [1.29, 1.82) is 0 Å². The summed E-state index contributed by atoms with van der Waals surface area (Å²) in [6.07, 6.45) is 19.7. The molecule has 0 N–H and O–H groups in total. The zero-order chi connectivity index (χ0) is 37.6. The Morgan fingerprint density at radius 2 is 0.839 bits per heavy atom. The zero-order valence-electron chi connectivity index (χ0n) is 33.7. The lowest BCUT2D eigenvalue weighted by molar-refractivity contribution is 0.0184. The van der Waals surface area contributed by atoms with Crippen LogP contribution in [0.4, 0.5) is 0 Å². The third-order valence-electron chi connectivity index (χ3n) is 16.5. The van der Waals surface area contributed by atoms with Gasteiger partial charge in [0.25, 0.3) is 0 Å². The van der Waals surface area contributed by atoms with Gasteiger partial charge >= 0.3 is 0 Å². The van der Waals surface area contributed by atoms with E-state index in [-0.39, 0.29) is 7.92 Å². The minimum Gasteiger partial charge on any atom is -0.117 e. The van der Waals surface area contributed by atoms with Crippen LogP contribution in [-0.4, -0.2) is 10.3 Å². The molecule has 13 rings (SSSR count). The van der Waals surface area contributed by atoms with E-state index in [0.29, 0.717) is 10.3 Å². The van der Waals surface area contributed by atoms with E-state index in [2.05, 4.69) is 144 Å². The largest absolute Gasteiger partial charge is 0.117 e. The molecule has 0 amide bonds. The molecule has 0 aliphatic heterocycles. The van der Waals surface area contributed by atoms with E-state index in [1.54, 1.807) is 5.56 Å². The van der Waals surface area contributed by atoms with Crippen LogP contribution >= 0.6 is 17.2 Å². The minimum absolute atomic E-state index is 0.256. The van der Waals surface area contributed by atoms with Crippen LogP contribution in [-0.2, 0) is 11.3 Å². The van der Waals surface area contributed by atoms with Gasteiger partial charge in [0, 0.05) is 0 Å². The third kappa shape index (κ3) is 5.89. The van der Waals surface area contributed by atoms with E-state index in [1.807, 2.05) is 0 Å². The summed E-state index contributed by atoms with van der Waals surface area (Å²) in [6.45, 7) is 4.70. The van der Waals surface area contributed by atoms with Crippen LogP contribution in [0, 0.1) is 49.4 Å². The first-order valence-electron chi connectivity index (χ1n) is 22.3. The van der Waals surface area contributed by atoms with Gasteiger partial charge in [-0.2, -0.15) is 0 Å². The van der Waals surface area contributed by atoms with E-state index in [0.717, 1.165) is 35.5 Å². The molecule has 0 radical (unpaired) electrons. The Kier molecular flexibility index (Phi) is 8.88. The first-order valence-corrected chi connectivity index (χ1v) is 24.4. The van der Waals surface area contributed by atoms with E-state index in [4.69, 9.17) is 0 Å². The topological polar surface area (TPSA) is 0 Å². The van der Waals surface area contributed by atoms with E-state index < -0.39 is 5.16 Å². The molecule has 56 heavy (non-hydrogen) atoms. The van der Waals surface area contributed by atoms with Gasteiger partial charge in [0.15, 0.2) is 0 Å². The van der Waals surface area contributed by atoms with Crippen molar-refractivity contribution in [2.75, 3.05) is 0 Å². The number of hydrogen-bond acceptors (Lipinski definition) is 0. The van der Waals surface area contributed by atoms with Crippen molar-refractivity contribution >= 4 is 17.2 Å². The van der Waals surface area contributed by atoms with Crippen LogP contribution in [0.15, 0.2) is 121 Å². The second-order valence-corrected chi connectivity index (χ2v) is 24.0. The summed E-state index contributed by atoms with van der Waals surface area (Å²) < 4.78 is 0. The Morgan fingerprint density at radius 1 is 0.482 bits per heavy atom. The SMILES string of the molecule is Cc1ccccc1C(P)(c1ccccc1C)c1cc(-c2ccccc2)c(-c2ccccc2)cc1CP(C12CC3CC(CC(C3)C1)C2)C12CC3CC(CC(C3)C1)C2. The molecule has 1 atom stereocenters. The fourth-order valence-corrected chi connectivity index (χ4v) is 21.2. The second-order valence-electron chi connectivity index (χ2n) is 20.1. The molecule has 8 fully saturated rings. The van der Waals surface area contributed by atoms with Crippen molar-refractivity contribution in [3.05, 3.63) is 155 Å². The summed E-state index contributed by atoms with van der Waals surface area (Å²) in [5.41, 5.74) is 14.2. The highest BCUT2D eigenvalue weighted by molar-refractivity contribution is 7.60. The van der Waals surface area contributed by atoms with E-state index in [9.17, 15) is 0 Å². The molecule has 0 spiro atoms. The average Bonchev–Trinajstić information content (AvgIpc) is 3.19. The van der Waals surface area contributed by atoms with Crippen LogP contribution in [0.5, 0.6) is 0 Å². The lowest BCUT2D eigenvalue weighted by atomic mass is 9.55. The van der Waals surface area contributed by atoms with Gasteiger partial charge in [-0.3, -0.25) is 0 Å². The minimum atomic E-state index is -0.394. The highest BCUT2D eigenvalue weighted by Crippen LogP contribution is 2.80. The van der Waals surface area contributed by atoms with Gasteiger partial charge in [-0.15, -0.1) is 9.24 Å². The molecule has 1 unspecified atom stereocenters. The predicted octanol–water partition coefficient (Wildman–Crippen LogP) is 14.7. The molecule has 0 heterocycles. The van der Waals surface area contributed by atoms with Gasteiger partial charge in [0.05, 0.1) is 5.16 Å². The summed E-state index contributed by atoms with van der Waals surface area (Å²) >= 11 is 0. The standard InChI is InChI=1S/C54H60P2/c1-36-13-9-11-19-49(36)54(55,50-20-12-10-14-37(50)2)51-28-48(45-17-7-4-8-18-45)47(44-15-5-3-6-16-44)27-46(51)35-56(52-29-38-21-39(30-52)23-40(22-38)31-52)53-32-41-24-42(33-53)26-43(25-41)34-53/h3-20,27-28,38-43H,21-26,29-35,55H2,1-2H3. The first-order chi connectivity index (χ1) is 27.3. The van der Waals surface area contributed by atoms with Crippen molar-refractivity contribution < 1.29 is 0 Å². The smallest absolute Gasteiger partial charge is 0.0599 e. The maximum Gasteiger partial charge on any atom is 0.0599 e. The maximum absolute atomic E-state index is 3.57. The fraction of sp³-hybridized carbons (Fsp3) is 0.444. The third-order valence-corrected chi connectivity index (χ3v) is 21.4. The molecular weight excluding hydrogens is 711 g/mol. The van der Waals surface area contributed by atoms with Gasteiger partial charge in [0.1, 0.15) is 0 Å². The fourth-order valence-electron chi connectivity index (χ4n) is 15.1. The summed E-state index contributed by atoms with van der Waals surface area (Å²) in [6, 6.07) is 46.8. The normalized spacial score (nSPS) is 31.8. The maximum atomic E-state index is 3.57. The van der Waals surface area contributed by atoms with Crippen molar-refractivity contribution in [2.24, 2.45) is 35.5 Å². The van der Waals surface area contributed by atoms with Crippen LogP contribution in [0.2, 0.25) is 0 Å². The average molecular weight is 771 g/mol. The molecule has 2 heteroatoms. The quantitative estimate of drug-likeness (QED) is 0.103. The number of hydrogen-bond donors (Lipinski definition) is 0. The summed E-state index contributed by atoms with van der Waals surface area (Å²) in [5.74, 6) is 5.92. The molecule has 8 bridgehead atoms. The molecule has 0 saturated heterocycles. The van der Waals surface area contributed by atoms with Crippen molar-refractivity contribution in [3.63, 3.8) is 0 Å². The molecular formula is C54H60P2. The monoisotopic (exact) mass is 770 g/mol.